The largest absolute Gasteiger partial charge is 0.465 e. The quantitative estimate of drug-likeness (QED) is 0.590. The second kappa shape index (κ2) is 7.42. The van der Waals surface area contributed by atoms with Crippen LogP contribution in [0.1, 0.15) is 19.4 Å². The third-order valence-corrected chi connectivity index (χ3v) is 3.94. The van der Waals surface area contributed by atoms with Crippen LogP contribution in [0.5, 0.6) is 0 Å². The van der Waals surface area contributed by atoms with E-state index in [1.165, 1.54) is 0 Å². The highest BCUT2D eigenvalue weighted by molar-refractivity contribution is 6.51. The van der Waals surface area contributed by atoms with Crippen molar-refractivity contribution >= 4 is 34.9 Å². The first-order valence-corrected chi connectivity index (χ1v) is 7.73. The molecule has 0 saturated carbocycles. The van der Waals surface area contributed by atoms with E-state index in [9.17, 15) is 14.4 Å². The van der Waals surface area contributed by atoms with E-state index in [0.29, 0.717) is 11.1 Å². The van der Waals surface area contributed by atoms with Crippen molar-refractivity contribution in [2.75, 3.05) is 13.2 Å². The van der Waals surface area contributed by atoms with Crippen LogP contribution in [-0.4, -0.2) is 30.9 Å². The fraction of sp³-hybridized carbons (Fsp3) is 0.353. The number of rotatable bonds is 6. The van der Waals surface area contributed by atoms with Gasteiger partial charge >= 0.3 is 11.9 Å². The highest BCUT2D eigenvalue weighted by Gasteiger charge is 2.51. The van der Waals surface area contributed by atoms with Gasteiger partial charge in [-0.1, -0.05) is 41.9 Å². The topological polar surface area (TPSA) is 69.7 Å². The van der Waals surface area contributed by atoms with Gasteiger partial charge in [-0.2, -0.15) is 0 Å². The maximum Gasteiger partial charge on any atom is 0.321 e. The van der Waals surface area contributed by atoms with Crippen molar-refractivity contribution in [2.24, 2.45) is 11.8 Å². The van der Waals surface area contributed by atoms with Crippen LogP contribution in [0.25, 0.3) is 5.57 Å². The second-order valence-corrected chi connectivity index (χ2v) is 5.30. The summed E-state index contributed by atoms with van der Waals surface area (Å²) in [5.41, 5.74) is 1.17. The molecule has 0 saturated heterocycles. The summed E-state index contributed by atoms with van der Waals surface area (Å²) in [7, 11) is 0. The molecule has 1 aliphatic rings. The highest BCUT2D eigenvalue weighted by atomic mass is 35.5. The first kappa shape index (κ1) is 17.2. The average molecular weight is 337 g/mol. The van der Waals surface area contributed by atoms with Crippen molar-refractivity contribution in [3.05, 3.63) is 40.9 Å². The number of hydrogen-bond acceptors (Lipinski definition) is 5. The normalized spacial score (nSPS) is 17.0. The Morgan fingerprint density at radius 2 is 1.61 bits per heavy atom. The van der Waals surface area contributed by atoms with Crippen LogP contribution in [0.2, 0.25) is 0 Å². The summed E-state index contributed by atoms with van der Waals surface area (Å²) in [6.45, 7) is 3.47. The number of halogens is 1. The van der Waals surface area contributed by atoms with Gasteiger partial charge in [0.15, 0.2) is 11.7 Å². The molecule has 0 aliphatic heterocycles. The standard InChI is InChI=1S/C17H17ClO5/c1-3-22-16(20)13(17(21)23-4-2)12-11(14(18)15(12)19)10-8-6-5-7-9-10/h5-9,12-13H,3-4H2,1-2H3. The number of esters is 2. The number of Topliss-reactive ketones (excluding diaryl/α,β-unsaturated/α-hetero) is 1. The van der Waals surface area contributed by atoms with Crippen LogP contribution >= 0.6 is 11.6 Å². The lowest BCUT2D eigenvalue weighted by Crippen LogP contribution is -2.43. The van der Waals surface area contributed by atoms with Crippen LogP contribution < -0.4 is 0 Å². The Kier molecular flexibility index (Phi) is 5.55. The van der Waals surface area contributed by atoms with Gasteiger partial charge in [-0.05, 0) is 25.0 Å². The van der Waals surface area contributed by atoms with Gasteiger partial charge in [-0.25, -0.2) is 0 Å². The Morgan fingerprint density at radius 3 is 2.09 bits per heavy atom. The van der Waals surface area contributed by atoms with Gasteiger partial charge in [0.1, 0.15) is 0 Å². The van der Waals surface area contributed by atoms with Crippen molar-refractivity contribution in [1.82, 2.24) is 0 Å². The van der Waals surface area contributed by atoms with Gasteiger partial charge in [0.05, 0.1) is 24.2 Å². The molecular weight excluding hydrogens is 320 g/mol. The molecule has 5 nitrogen and oxygen atoms in total. The first-order valence-electron chi connectivity index (χ1n) is 7.35. The number of ketones is 1. The van der Waals surface area contributed by atoms with Gasteiger partial charge in [0.2, 0.25) is 0 Å². The number of carbonyl (C=O) groups excluding carboxylic acids is 3. The minimum Gasteiger partial charge on any atom is -0.465 e. The zero-order valence-electron chi connectivity index (χ0n) is 12.9. The molecule has 0 fully saturated rings. The van der Waals surface area contributed by atoms with Gasteiger partial charge in [-0.3, -0.25) is 14.4 Å². The van der Waals surface area contributed by atoms with E-state index in [4.69, 9.17) is 21.1 Å². The fourth-order valence-electron chi connectivity index (χ4n) is 2.53. The highest BCUT2D eigenvalue weighted by Crippen LogP contribution is 2.45. The Labute approximate surface area is 139 Å². The fourth-order valence-corrected chi connectivity index (χ4v) is 2.88. The molecule has 0 heterocycles. The number of allylic oxidation sites excluding steroid dienone is 2. The van der Waals surface area contributed by atoms with E-state index in [1.54, 1.807) is 38.1 Å². The molecule has 6 heteroatoms. The van der Waals surface area contributed by atoms with Crippen molar-refractivity contribution in [3.63, 3.8) is 0 Å². The zero-order chi connectivity index (χ0) is 17.0. The average Bonchev–Trinajstić information content (AvgIpc) is 2.55. The summed E-state index contributed by atoms with van der Waals surface area (Å²) in [4.78, 5) is 36.6. The van der Waals surface area contributed by atoms with Gasteiger partial charge in [0.25, 0.3) is 0 Å². The molecule has 1 aliphatic carbocycles. The van der Waals surface area contributed by atoms with Gasteiger partial charge in [-0.15, -0.1) is 0 Å². The molecule has 1 aromatic carbocycles. The molecule has 0 aromatic heterocycles. The SMILES string of the molecule is CCOC(=O)C(C(=O)OCC)C1C(=O)C(Cl)=C1c1ccccc1. The Balaban J connectivity index is 2.40. The predicted molar refractivity (Wildman–Crippen MR) is 84.5 cm³/mol. The summed E-state index contributed by atoms with van der Waals surface area (Å²) in [5, 5.41) is 0.0415. The number of ether oxygens (including phenoxy) is 2. The molecule has 23 heavy (non-hydrogen) atoms. The van der Waals surface area contributed by atoms with E-state index in [0.717, 1.165) is 0 Å². The summed E-state index contributed by atoms with van der Waals surface area (Å²) in [5.74, 6) is -4.30. The lowest BCUT2D eigenvalue weighted by molar-refractivity contribution is -0.165. The van der Waals surface area contributed by atoms with Crippen LogP contribution in [0.15, 0.2) is 35.4 Å². The number of hydrogen-bond donors (Lipinski definition) is 0. The number of carbonyl (C=O) groups is 3. The maximum absolute atomic E-state index is 12.2. The molecule has 0 spiro atoms. The Hall–Kier alpha value is -2.14. The van der Waals surface area contributed by atoms with Gasteiger partial charge in [0, 0.05) is 0 Å². The van der Waals surface area contributed by atoms with Crippen molar-refractivity contribution in [3.8, 4) is 0 Å². The summed E-state index contributed by atoms with van der Waals surface area (Å²) in [6.07, 6.45) is 0. The summed E-state index contributed by atoms with van der Waals surface area (Å²) in [6, 6.07) is 8.93. The molecular formula is C17H17ClO5. The molecule has 0 radical (unpaired) electrons. The third-order valence-electron chi connectivity index (χ3n) is 3.55. The van der Waals surface area contributed by atoms with Crippen molar-refractivity contribution < 1.29 is 23.9 Å². The molecule has 2 rings (SSSR count). The monoisotopic (exact) mass is 336 g/mol. The summed E-state index contributed by atoms with van der Waals surface area (Å²) >= 11 is 6.03. The van der Waals surface area contributed by atoms with Crippen LogP contribution in [0.4, 0.5) is 0 Å². The Bertz CT molecular complexity index is 632. The number of benzene rings is 1. The molecule has 0 amide bonds. The molecule has 1 unspecified atom stereocenters. The molecule has 0 N–H and O–H groups in total. The Morgan fingerprint density at radius 1 is 1.09 bits per heavy atom. The van der Waals surface area contributed by atoms with E-state index >= 15 is 0 Å². The minimum atomic E-state index is -1.33. The zero-order valence-corrected chi connectivity index (χ0v) is 13.6. The van der Waals surface area contributed by atoms with E-state index in [2.05, 4.69) is 0 Å². The minimum absolute atomic E-state index is 0.0415. The van der Waals surface area contributed by atoms with E-state index in [-0.39, 0.29) is 18.2 Å². The van der Waals surface area contributed by atoms with Gasteiger partial charge < -0.3 is 9.47 Å². The van der Waals surface area contributed by atoms with Crippen LogP contribution in [0.3, 0.4) is 0 Å². The lowest BCUT2D eigenvalue weighted by Gasteiger charge is -2.33. The third kappa shape index (κ3) is 3.29. The second-order valence-electron chi connectivity index (χ2n) is 4.92. The van der Waals surface area contributed by atoms with E-state index in [1.807, 2.05) is 6.07 Å². The predicted octanol–water partition coefficient (Wildman–Crippen LogP) is 2.58. The molecule has 1 atom stereocenters. The lowest BCUT2D eigenvalue weighted by atomic mass is 9.71. The summed E-state index contributed by atoms with van der Waals surface area (Å²) < 4.78 is 9.88. The van der Waals surface area contributed by atoms with Crippen molar-refractivity contribution in [2.45, 2.75) is 13.8 Å². The molecule has 0 bridgehead atoms. The molecule has 1 aromatic rings. The van der Waals surface area contributed by atoms with Crippen LogP contribution in [-0.2, 0) is 23.9 Å². The first-order chi connectivity index (χ1) is 11.0. The maximum atomic E-state index is 12.2. The molecule has 122 valence electrons. The van der Waals surface area contributed by atoms with E-state index < -0.39 is 29.6 Å². The smallest absolute Gasteiger partial charge is 0.321 e. The van der Waals surface area contributed by atoms with Crippen molar-refractivity contribution in [1.29, 1.82) is 0 Å². The van der Waals surface area contributed by atoms with Crippen LogP contribution in [0, 0.1) is 11.8 Å².